The van der Waals surface area contributed by atoms with E-state index in [0.717, 1.165) is 58.9 Å². The fraction of sp³-hybridized carbons (Fsp3) is 0.269. The second kappa shape index (κ2) is 9.12. The molecule has 0 bridgehead atoms. The van der Waals surface area contributed by atoms with Crippen LogP contribution in [0.2, 0.25) is 0 Å². The first-order chi connectivity index (χ1) is 16.8. The van der Waals surface area contributed by atoms with Crippen molar-refractivity contribution in [2.45, 2.75) is 43.3 Å². The van der Waals surface area contributed by atoms with Crippen molar-refractivity contribution in [2.24, 2.45) is 0 Å². The summed E-state index contributed by atoms with van der Waals surface area (Å²) in [5.41, 5.74) is 4.04. The van der Waals surface area contributed by atoms with Gasteiger partial charge in [0.15, 0.2) is 10.9 Å². The smallest absolute Gasteiger partial charge is 0.284 e. The third kappa shape index (κ3) is 4.03. The molecule has 5 aromatic rings. The largest absolute Gasteiger partial charge is 0.451 e. The Bertz CT molecular complexity index is 1420. The summed E-state index contributed by atoms with van der Waals surface area (Å²) in [4.78, 5) is 4.72. The number of fused-ring (bicyclic) bond motifs is 1. The highest BCUT2D eigenvalue weighted by Gasteiger charge is 2.22. The average Bonchev–Trinajstić information content (AvgIpc) is 3.67. The van der Waals surface area contributed by atoms with Crippen LogP contribution in [0.15, 0.2) is 74.8 Å². The first kappa shape index (κ1) is 21.2. The van der Waals surface area contributed by atoms with E-state index in [-0.39, 0.29) is 6.10 Å². The number of benzene rings is 2. The van der Waals surface area contributed by atoms with Crippen LogP contribution in [-0.4, -0.2) is 32.5 Å². The first-order valence-electron chi connectivity index (χ1n) is 11.4. The highest BCUT2D eigenvalue weighted by atomic mass is 32.2. The van der Waals surface area contributed by atoms with Crippen molar-refractivity contribution in [3.8, 4) is 22.9 Å². The van der Waals surface area contributed by atoms with Crippen molar-refractivity contribution in [1.82, 2.24) is 19.7 Å². The maximum atomic E-state index is 5.97. The molecule has 8 heteroatoms. The number of thioether (sulfide) groups is 1. The predicted molar refractivity (Wildman–Crippen MR) is 130 cm³/mol. The van der Waals surface area contributed by atoms with E-state index in [9.17, 15) is 0 Å². The number of hydrogen-bond donors (Lipinski definition) is 0. The van der Waals surface area contributed by atoms with Gasteiger partial charge in [-0.2, -0.15) is 0 Å². The van der Waals surface area contributed by atoms with Crippen LogP contribution in [0.1, 0.15) is 24.3 Å². The summed E-state index contributed by atoms with van der Waals surface area (Å²) in [5, 5.41) is 10.5. The van der Waals surface area contributed by atoms with Crippen LogP contribution < -0.4 is 0 Å². The molecule has 6 rings (SSSR count). The number of hydrogen-bond acceptors (Lipinski definition) is 7. The van der Waals surface area contributed by atoms with Gasteiger partial charge in [0.05, 0.1) is 30.3 Å². The minimum atomic E-state index is 0.210. The molecule has 0 aliphatic carbocycles. The lowest BCUT2D eigenvalue weighted by atomic mass is 10.1. The molecule has 0 saturated carbocycles. The topological polar surface area (TPSA) is 79.1 Å². The standard InChI is InChI=1S/C26H24N4O3S/c1-17-20-11-5-6-12-22(20)32-24(17)25-29-28-23(33-25)16-34-26-27-14-21(18-8-3-2-4-9-18)30(26)15-19-10-7-13-31-19/h2-6,8-9,11-12,14,19H,7,10,13,15-16H2,1H3/t19-/m0/s1. The average molecular weight is 473 g/mol. The Kier molecular flexibility index (Phi) is 5.68. The van der Waals surface area contributed by atoms with Gasteiger partial charge in [0.1, 0.15) is 5.58 Å². The number of rotatable bonds is 7. The van der Waals surface area contributed by atoms with Gasteiger partial charge in [0.2, 0.25) is 5.89 Å². The Hall–Kier alpha value is -3.36. The number of furan rings is 1. The lowest BCUT2D eigenvalue weighted by molar-refractivity contribution is 0.0954. The van der Waals surface area contributed by atoms with Crippen molar-refractivity contribution in [2.75, 3.05) is 6.61 Å². The maximum Gasteiger partial charge on any atom is 0.284 e. The Balaban J connectivity index is 1.24. The second-order valence-corrected chi connectivity index (χ2v) is 9.32. The van der Waals surface area contributed by atoms with Gasteiger partial charge in [-0.3, -0.25) is 0 Å². The van der Waals surface area contributed by atoms with Gasteiger partial charge in [0, 0.05) is 17.6 Å². The van der Waals surface area contributed by atoms with Crippen LogP contribution >= 0.6 is 11.8 Å². The van der Waals surface area contributed by atoms with E-state index < -0.39 is 0 Å². The molecular weight excluding hydrogens is 448 g/mol. The molecule has 0 amide bonds. The molecular formula is C26H24N4O3S. The molecule has 3 aromatic heterocycles. The van der Waals surface area contributed by atoms with Crippen LogP contribution in [-0.2, 0) is 17.0 Å². The number of nitrogens with zero attached hydrogens (tertiary/aromatic N) is 4. The van der Waals surface area contributed by atoms with Gasteiger partial charge in [-0.1, -0.05) is 60.3 Å². The quantitative estimate of drug-likeness (QED) is 0.264. The molecule has 0 radical (unpaired) electrons. The normalized spacial score (nSPS) is 16.0. The fourth-order valence-electron chi connectivity index (χ4n) is 4.39. The van der Waals surface area contributed by atoms with Crippen LogP contribution in [0.4, 0.5) is 0 Å². The highest BCUT2D eigenvalue weighted by molar-refractivity contribution is 7.98. The highest BCUT2D eigenvalue weighted by Crippen LogP contribution is 2.34. The summed E-state index contributed by atoms with van der Waals surface area (Å²) in [7, 11) is 0. The molecule has 172 valence electrons. The van der Waals surface area contributed by atoms with Gasteiger partial charge >= 0.3 is 0 Å². The number of aromatic nitrogens is 4. The van der Waals surface area contributed by atoms with Crippen molar-refractivity contribution in [3.05, 3.63) is 72.2 Å². The zero-order valence-electron chi connectivity index (χ0n) is 18.8. The fourth-order valence-corrected chi connectivity index (χ4v) is 5.22. The van der Waals surface area contributed by atoms with Crippen molar-refractivity contribution >= 4 is 22.7 Å². The molecule has 1 atom stereocenters. The first-order valence-corrected chi connectivity index (χ1v) is 12.4. The third-order valence-electron chi connectivity index (χ3n) is 6.13. The van der Waals surface area contributed by atoms with Crippen LogP contribution in [0.3, 0.4) is 0 Å². The van der Waals surface area contributed by atoms with E-state index in [1.165, 1.54) is 0 Å². The molecule has 4 heterocycles. The van der Waals surface area contributed by atoms with Gasteiger partial charge in [-0.15, -0.1) is 10.2 Å². The molecule has 2 aromatic carbocycles. The van der Waals surface area contributed by atoms with Crippen molar-refractivity contribution in [3.63, 3.8) is 0 Å². The molecule has 0 spiro atoms. The Morgan fingerprint density at radius 2 is 1.88 bits per heavy atom. The molecule has 7 nitrogen and oxygen atoms in total. The number of imidazole rings is 1. The Morgan fingerprint density at radius 1 is 1.03 bits per heavy atom. The Labute approximate surface area is 201 Å². The number of para-hydroxylation sites is 1. The summed E-state index contributed by atoms with van der Waals surface area (Å²) in [5.74, 6) is 2.07. The van der Waals surface area contributed by atoms with Crippen LogP contribution in [0.25, 0.3) is 33.9 Å². The molecule has 1 aliphatic heterocycles. The monoisotopic (exact) mass is 472 g/mol. The summed E-state index contributed by atoms with van der Waals surface area (Å²) in [6.45, 7) is 3.61. The number of ether oxygens (including phenoxy) is 1. The lowest BCUT2D eigenvalue weighted by Crippen LogP contribution is -2.16. The van der Waals surface area contributed by atoms with E-state index in [1.807, 2.05) is 55.6 Å². The van der Waals surface area contributed by atoms with Gasteiger partial charge in [-0.25, -0.2) is 4.98 Å². The summed E-state index contributed by atoms with van der Waals surface area (Å²) >= 11 is 1.59. The predicted octanol–water partition coefficient (Wildman–Crippen LogP) is 6.13. The van der Waals surface area contributed by atoms with E-state index >= 15 is 0 Å². The van der Waals surface area contributed by atoms with Crippen LogP contribution in [0.5, 0.6) is 0 Å². The molecule has 1 saturated heterocycles. The molecule has 0 unspecified atom stereocenters. The van der Waals surface area contributed by atoms with E-state index in [1.54, 1.807) is 11.8 Å². The third-order valence-corrected chi connectivity index (χ3v) is 7.10. The van der Waals surface area contributed by atoms with Crippen molar-refractivity contribution in [1.29, 1.82) is 0 Å². The van der Waals surface area contributed by atoms with E-state index in [2.05, 4.69) is 26.9 Å². The zero-order valence-corrected chi connectivity index (χ0v) is 19.6. The van der Waals surface area contributed by atoms with Gasteiger partial charge < -0.3 is 18.1 Å². The summed E-state index contributed by atoms with van der Waals surface area (Å²) in [6.07, 6.45) is 4.32. The molecule has 34 heavy (non-hydrogen) atoms. The molecule has 1 fully saturated rings. The minimum absolute atomic E-state index is 0.210. The molecule has 1 aliphatic rings. The minimum Gasteiger partial charge on any atom is -0.451 e. The second-order valence-electron chi connectivity index (χ2n) is 8.38. The number of aryl methyl sites for hydroxylation is 1. The summed E-state index contributed by atoms with van der Waals surface area (Å²) < 4.78 is 20.1. The molecule has 0 N–H and O–H groups in total. The van der Waals surface area contributed by atoms with E-state index in [4.69, 9.17) is 18.6 Å². The van der Waals surface area contributed by atoms with E-state index in [0.29, 0.717) is 23.3 Å². The van der Waals surface area contributed by atoms with Crippen LogP contribution in [0, 0.1) is 6.92 Å². The van der Waals surface area contributed by atoms with Gasteiger partial charge in [0.25, 0.3) is 5.89 Å². The summed E-state index contributed by atoms with van der Waals surface area (Å²) in [6, 6.07) is 18.3. The Morgan fingerprint density at radius 3 is 2.71 bits per heavy atom. The maximum absolute atomic E-state index is 5.97. The van der Waals surface area contributed by atoms with Crippen molar-refractivity contribution < 1.29 is 13.6 Å². The lowest BCUT2D eigenvalue weighted by Gasteiger charge is -2.15. The SMILES string of the molecule is Cc1c(-c2nnc(CSc3ncc(-c4ccccc4)n3C[C@@H]3CCCO3)o2)oc2ccccc12. The van der Waals surface area contributed by atoms with Gasteiger partial charge in [-0.05, 0) is 31.4 Å². The zero-order chi connectivity index (χ0) is 22.9.